The molecule has 98 valence electrons. The van der Waals surface area contributed by atoms with Crippen molar-refractivity contribution in [3.8, 4) is 0 Å². The molecule has 0 spiro atoms. The van der Waals surface area contributed by atoms with Crippen molar-refractivity contribution >= 4 is 46.1 Å². The molecule has 0 atom stereocenters. The Bertz CT molecular complexity index is 493. The summed E-state index contributed by atoms with van der Waals surface area (Å²) in [5.41, 5.74) is -0.119. The summed E-state index contributed by atoms with van der Waals surface area (Å²) in [4.78, 5) is 21.4. The molecule has 0 aliphatic carbocycles. The van der Waals surface area contributed by atoms with Crippen LogP contribution in [0.3, 0.4) is 0 Å². The molecule has 0 amide bonds. The summed E-state index contributed by atoms with van der Waals surface area (Å²) in [6, 6.07) is 4.26. The van der Waals surface area contributed by atoms with Gasteiger partial charge in [0.1, 0.15) is 5.97 Å². The maximum absolute atomic E-state index is 12.6. The monoisotopic (exact) mass is 389 g/mol. The predicted octanol–water partition coefficient (Wildman–Crippen LogP) is 1.49. The maximum atomic E-state index is 12.6. The molecule has 4 nitrogen and oxygen atoms in total. The second-order valence-electron chi connectivity index (χ2n) is 3.19. The Morgan fingerprint density at radius 2 is 2.06 bits per heavy atom. The Morgan fingerprint density at radius 1 is 1.44 bits per heavy atom. The average Bonchev–Trinajstić information content (AvgIpc) is 2.25. The van der Waals surface area contributed by atoms with Crippen LogP contribution in [0.1, 0.15) is 10.4 Å². The Kier molecular flexibility index (Phi) is 4.85. The summed E-state index contributed by atoms with van der Waals surface area (Å²) in [6.45, 7) is -1.60. The fourth-order valence-corrected chi connectivity index (χ4v) is 1.88. The van der Waals surface area contributed by atoms with Crippen LogP contribution in [0.25, 0.3) is 0 Å². The zero-order valence-electron chi connectivity index (χ0n) is 8.58. The van der Waals surface area contributed by atoms with Crippen molar-refractivity contribution in [1.82, 2.24) is 0 Å². The number of esters is 1. The van der Waals surface area contributed by atoms with Crippen LogP contribution in [0.4, 0.5) is 8.78 Å². The van der Waals surface area contributed by atoms with Crippen molar-refractivity contribution in [2.24, 2.45) is 0 Å². The summed E-state index contributed by atoms with van der Waals surface area (Å²) in [7, 11) is 0. The van der Waals surface area contributed by atoms with E-state index in [2.05, 4.69) is 4.74 Å². The highest BCUT2D eigenvalue weighted by Gasteiger charge is 2.33. The van der Waals surface area contributed by atoms with Crippen molar-refractivity contribution in [3.63, 3.8) is 0 Å². The number of rotatable bonds is 4. The lowest BCUT2D eigenvalue weighted by Gasteiger charge is -2.17. The van der Waals surface area contributed by atoms with E-state index >= 15 is 0 Å². The van der Waals surface area contributed by atoms with Crippen LogP contribution >= 0.6 is 34.2 Å². The van der Waals surface area contributed by atoms with E-state index in [9.17, 15) is 23.5 Å². The number of carboxylic acids is 1. The van der Waals surface area contributed by atoms with Gasteiger partial charge in [0.2, 0.25) is 0 Å². The first-order valence-corrected chi connectivity index (χ1v) is 5.91. The molecular weight excluding hydrogens is 384 g/mol. The summed E-state index contributed by atoms with van der Waals surface area (Å²) >= 11 is 7.66. The quantitative estimate of drug-likeness (QED) is 0.578. The highest BCUT2D eigenvalue weighted by Crippen LogP contribution is 2.21. The molecule has 0 fully saturated rings. The molecule has 8 heteroatoms. The van der Waals surface area contributed by atoms with Gasteiger partial charge in [0.05, 0.1) is 10.6 Å². The second-order valence-corrected chi connectivity index (χ2v) is 4.85. The lowest BCUT2D eigenvalue weighted by atomic mass is 10.2. The van der Waals surface area contributed by atoms with Crippen molar-refractivity contribution in [2.75, 3.05) is 6.61 Å². The Balaban J connectivity index is 2.75. The second kappa shape index (κ2) is 5.79. The van der Waals surface area contributed by atoms with Gasteiger partial charge in [-0.3, -0.25) is 0 Å². The first-order valence-electron chi connectivity index (χ1n) is 4.45. The minimum atomic E-state index is -4.23. The fourth-order valence-electron chi connectivity index (χ4n) is 0.948. The highest BCUT2D eigenvalue weighted by atomic mass is 127. The van der Waals surface area contributed by atoms with Crippen LogP contribution in [0, 0.1) is 3.57 Å². The van der Waals surface area contributed by atoms with E-state index < -0.39 is 24.5 Å². The molecule has 1 aromatic carbocycles. The predicted molar refractivity (Wildman–Crippen MR) is 64.4 cm³/mol. The number of carbonyl (C=O) groups excluding carboxylic acids is 2. The normalized spacial score (nSPS) is 11.1. The minimum Gasteiger partial charge on any atom is -0.544 e. The fraction of sp³-hybridized carbons (Fsp3) is 0.200. The number of halogens is 4. The third kappa shape index (κ3) is 3.77. The Morgan fingerprint density at radius 3 is 2.56 bits per heavy atom. The topological polar surface area (TPSA) is 66.4 Å². The Labute approximate surface area is 119 Å². The zero-order chi connectivity index (χ0) is 13.9. The molecule has 18 heavy (non-hydrogen) atoms. The SMILES string of the molecule is O=C(OCC(F)(F)C(=O)[O-])c1ccc(I)cc1Cl. The molecule has 0 aliphatic heterocycles. The molecule has 0 saturated carbocycles. The smallest absolute Gasteiger partial charge is 0.339 e. The number of carboxylic acid groups (broad SMARTS) is 1. The van der Waals surface area contributed by atoms with Gasteiger partial charge >= 0.3 is 11.9 Å². The van der Waals surface area contributed by atoms with Gasteiger partial charge in [-0.15, -0.1) is 0 Å². The molecule has 0 unspecified atom stereocenters. The van der Waals surface area contributed by atoms with E-state index in [-0.39, 0.29) is 10.6 Å². The number of hydrogen-bond acceptors (Lipinski definition) is 4. The van der Waals surface area contributed by atoms with Crippen molar-refractivity contribution in [1.29, 1.82) is 0 Å². The van der Waals surface area contributed by atoms with Crippen LogP contribution < -0.4 is 5.11 Å². The van der Waals surface area contributed by atoms with E-state index in [1.54, 1.807) is 0 Å². The maximum Gasteiger partial charge on any atom is 0.339 e. The molecule has 0 saturated heterocycles. The van der Waals surface area contributed by atoms with E-state index in [0.717, 1.165) is 3.57 Å². The van der Waals surface area contributed by atoms with E-state index in [4.69, 9.17) is 11.6 Å². The van der Waals surface area contributed by atoms with Crippen molar-refractivity contribution < 1.29 is 28.2 Å². The van der Waals surface area contributed by atoms with Crippen LogP contribution in [0.5, 0.6) is 0 Å². The van der Waals surface area contributed by atoms with Crippen LogP contribution in [-0.2, 0) is 9.53 Å². The lowest BCUT2D eigenvalue weighted by Crippen LogP contribution is -2.45. The lowest BCUT2D eigenvalue weighted by molar-refractivity contribution is -0.331. The van der Waals surface area contributed by atoms with Crippen LogP contribution in [0.15, 0.2) is 18.2 Å². The van der Waals surface area contributed by atoms with Gasteiger partial charge in [0.25, 0.3) is 0 Å². The third-order valence-electron chi connectivity index (χ3n) is 1.83. The zero-order valence-corrected chi connectivity index (χ0v) is 11.5. The molecule has 0 bridgehead atoms. The first kappa shape index (κ1) is 15.1. The number of carbonyl (C=O) groups is 2. The number of hydrogen-bond donors (Lipinski definition) is 0. The van der Waals surface area contributed by atoms with Gasteiger partial charge < -0.3 is 14.6 Å². The largest absolute Gasteiger partial charge is 0.544 e. The molecule has 1 aromatic rings. The summed E-state index contributed by atoms with van der Waals surface area (Å²) in [5.74, 6) is -7.97. The molecule has 0 heterocycles. The summed E-state index contributed by atoms with van der Waals surface area (Å²) < 4.78 is 30.2. The van der Waals surface area contributed by atoms with Gasteiger partial charge in [-0.25, -0.2) is 4.79 Å². The number of benzene rings is 1. The van der Waals surface area contributed by atoms with Crippen molar-refractivity contribution in [2.45, 2.75) is 5.92 Å². The molecule has 0 radical (unpaired) electrons. The molecular formula is C10H5ClF2IO4-. The van der Waals surface area contributed by atoms with Gasteiger partial charge in [-0.05, 0) is 40.8 Å². The molecule has 0 N–H and O–H groups in total. The third-order valence-corrected chi connectivity index (χ3v) is 2.82. The first-order chi connectivity index (χ1) is 8.24. The molecule has 0 aromatic heterocycles. The van der Waals surface area contributed by atoms with Crippen LogP contribution in [0.2, 0.25) is 5.02 Å². The Hall–Kier alpha value is -0.960. The number of alkyl halides is 2. The highest BCUT2D eigenvalue weighted by molar-refractivity contribution is 14.1. The van der Waals surface area contributed by atoms with Crippen molar-refractivity contribution in [3.05, 3.63) is 32.4 Å². The average molecular weight is 389 g/mol. The summed E-state index contributed by atoms with van der Waals surface area (Å²) in [6.07, 6.45) is 0. The van der Waals surface area contributed by atoms with Gasteiger partial charge in [-0.1, -0.05) is 11.6 Å². The molecule has 1 rings (SSSR count). The van der Waals surface area contributed by atoms with Gasteiger partial charge in [0, 0.05) is 3.57 Å². The molecule has 0 aliphatic rings. The minimum absolute atomic E-state index is 0.0312. The van der Waals surface area contributed by atoms with E-state index in [0.29, 0.717) is 0 Å². The van der Waals surface area contributed by atoms with E-state index in [1.165, 1.54) is 18.2 Å². The van der Waals surface area contributed by atoms with E-state index in [1.807, 2.05) is 22.6 Å². The van der Waals surface area contributed by atoms with Gasteiger partial charge in [0.15, 0.2) is 6.61 Å². The number of aliphatic carboxylic acids is 1. The van der Waals surface area contributed by atoms with Crippen LogP contribution in [-0.4, -0.2) is 24.5 Å². The van der Waals surface area contributed by atoms with Gasteiger partial charge in [-0.2, -0.15) is 8.78 Å². The number of ether oxygens (including phenoxy) is 1. The summed E-state index contributed by atoms with van der Waals surface area (Å²) in [5, 5.41) is 10.0. The standard InChI is InChI=1S/C10H6ClF2IO4/c11-7-3-5(14)1-2-6(7)8(15)18-4-10(12,13)9(16)17/h1-3H,4H2,(H,16,17)/p-1.